The number of anilines is 1. The predicted molar refractivity (Wildman–Crippen MR) is 96.0 cm³/mol. The fraction of sp³-hybridized carbons (Fsp3) is 0.150. The van der Waals surface area contributed by atoms with Crippen molar-refractivity contribution < 1.29 is 18.4 Å². The summed E-state index contributed by atoms with van der Waals surface area (Å²) >= 11 is 0. The first kappa shape index (κ1) is 17.1. The first-order chi connectivity index (χ1) is 13.0. The number of hydrogen-bond donors (Lipinski definition) is 0. The SMILES string of the molecule is CC1C(=O)N(Cc2cc(F)cc3cccnc23)C(=O)N1c1ccc(F)cc1. The van der Waals surface area contributed by atoms with Gasteiger partial charge in [-0.15, -0.1) is 0 Å². The number of imide groups is 1. The van der Waals surface area contributed by atoms with Gasteiger partial charge in [0.1, 0.15) is 17.7 Å². The summed E-state index contributed by atoms with van der Waals surface area (Å²) in [6, 6.07) is 10.1. The number of hydrogen-bond acceptors (Lipinski definition) is 3. The molecule has 0 N–H and O–H groups in total. The molecule has 4 rings (SSSR count). The minimum atomic E-state index is -0.740. The van der Waals surface area contributed by atoms with E-state index in [1.807, 2.05) is 0 Å². The standard InChI is InChI=1S/C20H15F2N3O2/c1-12-19(26)24(20(27)25(12)17-6-4-15(21)5-7-17)11-14-10-16(22)9-13-3-2-8-23-18(13)14/h2-10,12H,11H2,1H3. The van der Waals surface area contributed by atoms with Crippen LogP contribution < -0.4 is 4.90 Å². The molecule has 0 radical (unpaired) electrons. The maximum Gasteiger partial charge on any atom is 0.332 e. The van der Waals surface area contributed by atoms with E-state index < -0.39 is 29.6 Å². The van der Waals surface area contributed by atoms with Gasteiger partial charge < -0.3 is 0 Å². The van der Waals surface area contributed by atoms with Gasteiger partial charge in [0.2, 0.25) is 0 Å². The Morgan fingerprint density at radius 3 is 2.52 bits per heavy atom. The first-order valence-corrected chi connectivity index (χ1v) is 8.39. The van der Waals surface area contributed by atoms with E-state index in [0.29, 0.717) is 22.2 Å². The van der Waals surface area contributed by atoms with Crippen molar-refractivity contribution >= 4 is 28.5 Å². The average Bonchev–Trinajstić information content (AvgIpc) is 2.86. The van der Waals surface area contributed by atoms with Gasteiger partial charge in [0.25, 0.3) is 5.91 Å². The van der Waals surface area contributed by atoms with Crippen LogP contribution in [-0.4, -0.2) is 27.9 Å². The van der Waals surface area contributed by atoms with E-state index in [9.17, 15) is 18.4 Å². The fourth-order valence-electron chi connectivity index (χ4n) is 3.33. The molecule has 1 aliphatic heterocycles. The average molecular weight is 367 g/mol. The smallest absolute Gasteiger partial charge is 0.282 e. The summed E-state index contributed by atoms with van der Waals surface area (Å²) in [6.07, 6.45) is 1.57. The summed E-state index contributed by atoms with van der Waals surface area (Å²) < 4.78 is 27.1. The van der Waals surface area contributed by atoms with Crippen LogP contribution in [0.5, 0.6) is 0 Å². The van der Waals surface area contributed by atoms with E-state index in [0.717, 1.165) is 4.90 Å². The molecule has 0 bridgehead atoms. The summed E-state index contributed by atoms with van der Waals surface area (Å²) in [7, 11) is 0. The molecule has 1 saturated heterocycles. The zero-order valence-corrected chi connectivity index (χ0v) is 14.4. The molecule has 27 heavy (non-hydrogen) atoms. The molecule has 3 amide bonds. The highest BCUT2D eigenvalue weighted by molar-refractivity contribution is 6.14. The normalized spacial score (nSPS) is 17.2. The van der Waals surface area contributed by atoms with Crippen LogP contribution in [0.3, 0.4) is 0 Å². The minimum absolute atomic E-state index is 0.0923. The molecule has 0 spiro atoms. The van der Waals surface area contributed by atoms with E-state index in [-0.39, 0.29) is 6.54 Å². The summed E-state index contributed by atoms with van der Waals surface area (Å²) in [5.74, 6) is -1.30. The Balaban J connectivity index is 1.70. The van der Waals surface area contributed by atoms with Gasteiger partial charge in [-0.05, 0) is 49.4 Å². The van der Waals surface area contributed by atoms with Crippen molar-refractivity contribution in [3.63, 3.8) is 0 Å². The molecule has 1 atom stereocenters. The lowest BCUT2D eigenvalue weighted by molar-refractivity contribution is -0.127. The van der Waals surface area contributed by atoms with Crippen LogP contribution in [0.4, 0.5) is 19.3 Å². The molecular formula is C20H15F2N3O2. The number of rotatable bonds is 3. The largest absolute Gasteiger partial charge is 0.332 e. The van der Waals surface area contributed by atoms with Crippen LogP contribution >= 0.6 is 0 Å². The van der Waals surface area contributed by atoms with Gasteiger partial charge >= 0.3 is 6.03 Å². The lowest BCUT2D eigenvalue weighted by Crippen LogP contribution is -2.33. The number of aromatic nitrogens is 1. The van der Waals surface area contributed by atoms with E-state index in [4.69, 9.17) is 0 Å². The van der Waals surface area contributed by atoms with Crippen molar-refractivity contribution in [2.24, 2.45) is 0 Å². The molecule has 0 saturated carbocycles. The predicted octanol–water partition coefficient (Wildman–Crippen LogP) is 3.87. The number of pyridine rings is 1. The van der Waals surface area contributed by atoms with Crippen LogP contribution in [-0.2, 0) is 11.3 Å². The Kier molecular flexibility index (Phi) is 4.07. The third kappa shape index (κ3) is 2.91. The molecule has 2 heterocycles. The summed E-state index contributed by atoms with van der Waals surface area (Å²) in [5.41, 5.74) is 1.40. The molecule has 1 fully saturated rings. The van der Waals surface area contributed by atoms with E-state index in [2.05, 4.69) is 4.98 Å². The zero-order valence-electron chi connectivity index (χ0n) is 14.4. The van der Waals surface area contributed by atoms with Gasteiger partial charge in [-0.2, -0.15) is 0 Å². The van der Waals surface area contributed by atoms with Crippen molar-refractivity contribution in [1.29, 1.82) is 0 Å². The highest BCUT2D eigenvalue weighted by Gasteiger charge is 2.43. The Bertz CT molecular complexity index is 1050. The van der Waals surface area contributed by atoms with Crippen LogP contribution in [0, 0.1) is 11.6 Å². The number of carbonyl (C=O) groups is 2. The number of fused-ring (bicyclic) bond motifs is 1. The van der Waals surface area contributed by atoms with Crippen molar-refractivity contribution in [1.82, 2.24) is 9.88 Å². The summed E-state index contributed by atoms with van der Waals surface area (Å²) in [4.78, 5) is 32.1. The highest BCUT2D eigenvalue weighted by Crippen LogP contribution is 2.28. The van der Waals surface area contributed by atoms with Gasteiger partial charge in [-0.25, -0.2) is 13.6 Å². The van der Waals surface area contributed by atoms with Gasteiger partial charge in [0, 0.05) is 22.8 Å². The number of amides is 3. The van der Waals surface area contributed by atoms with Crippen LogP contribution in [0.15, 0.2) is 54.7 Å². The first-order valence-electron chi connectivity index (χ1n) is 8.39. The maximum absolute atomic E-state index is 14.0. The van der Waals surface area contributed by atoms with Crippen LogP contribution in [0.25, 0.3) is 10.9 Å². The lowest BCUT2D eigenvalue weighted by atomic mass is 10.1. The number of carbonyl (C=O) groups excluding carboxylic acids is 2. The van der Waals surface area contributed by atoms with Gasteiger partial charge in [-0.1, -0.05) is 6.07 Å². The van der Waals surface area contributed by atoms with Gasteiger partial charge in [-0.3, -0.25) is 19.6 Å². The number of urea groups is 1. The maximum atomic E-state index is 14.0. The Labute approximate surface area is 153 Å². The molecule has 3 aromatic rings. The van der Waals surface area contributed by atoms with Crippen LogP contribution in [0.2, 0.25) is 0 Å². The van der Waals surface area contributed by atoms with E-state index in [1.54, 1.807) is 25.3 Å². The van der Waals surface area contributed by atoms with Gasteiger partial charge in [0.15, 0.2) is 0 Å². The second-order valence-electron chi connectivity index (χ2n) is 6.37. The number of benzene rings is 2. The molecule has 5 nitrogen and oxygen atoms in total. The fourth-order valence-corrected chi connectivity index (χ4v) is 3.33. The number of halogens is 2. The lowest BCUT2D eigenvalue weighted by Gasteiger charge is -2.19. The molecule has 1 aromatic heterocycles. The quantitative estimate of drug-likeness (QED) is 0.661. The van der Waals surface area contributed by atoms with Crippen molar-refractivity contribution in [3.8, 4) is 0 Å². The molecule has 1 aliphatic rings. The molecule has 2 aromatic carbocycles. The second kappa shape index (κ2) is 6.42. The highest BCUT2D eigenvalue weighted by atomic mass is 19.1. The van der Waals surface area contributed by atoms with Crippen molar-refractivity contribution in [3.05, 3.63) is 71.9 Å². The molecule has 136 valence electrons. The van der Waals surface area contributed by atoms with Gasteiger partial charge in [0.05, 0.1) is 12.1 Å². The monoisotopic (exact) mass is 367 g/mol. The molecule has 1 unspecified atom stereocenters. The van der Waals surface area contributed by atoms with E-state index >= 15 is 0 Å². The molecule has 7 heteroatoms. The summed E-state index contributed by atoms with van der Waals surface area (Å²) in [6.45, 7) is 1.51. The zero-order chi connectivity index (χ0) is 19.1. The minimum Gasteiger partial charge on any atom is -0.282 e. The third-order valence-electron chi connectivity index (χ3n) is 4.63. The Hall–Kier alpha value is -3.35. The number of nitrogens with zero attached hydrogens (tertiary/aromatic N) is 3. The topological polar surface area (TPSA) is 53.5 Å². The van der Waals surface area contributed by atoms with Crippen LogP contribution in [0.1, 0.15) is 12.5 Å². The second-order valence-corrected chi connectivity index (χ2v) is 6.37. The van der Waals surface area contributed by atoms with E-state index in [1.165, 1.54) is 41.3 Å². The summed E-state index contributed by atoms with van der Waals surface area (Å²) in [5, 5.41) is 0.593. The molecule has 0 aliphatic carbocycles. The Morgan fingerprint density at radius 1 is 1.04 bits per heavy atom. The third-order valence-corrected chi connectivity index (χ3v) is 4.63. The Morgan fingerprint density at radius 2 is 1.78 bits per heavy atom. The van der Waals surface area contributed by atoms with Crippen molar-refractivity contribution in [2.75, 3.05) is 4.90 Å². The molecular weight excluding hydrogens is 352 g/mol. The van der Waals surface area contributed by atoms with Crippen molar-refractivity contribution in [2.45, 2.75) is 19.5 Å².